The number of aromatic nitrogens is 2. The van der Waals surface area contributed by atoms with E-state index in [-0.39, 0.29) is 5.56 Å². The van der Waals surface area contributed by atoms with E-state index in [1.165, 1.54) is 11.1 Å². The SMILES string of the molecule is CCOCc1ccc(C)c(Cc2ncc(-c3cc(-c4ccc[nH]c4=O)cc(N4CCN(C)CC4)c3)o2)c1. The predicted molar refractivity (Wildman–Crippen MR) is 147 cm³/mol. The highest BCUT2D eigenvalue weighted by Gasteiger charge is 2.18. The molecule has 1 fully saturated rings. The number of H-pyrrole nitrogens is 1. The first kappa shape index (κ1) is 25.0. The van der Waals surface area contributed by atoms with Crippen molar-refractivity contribution in [2.45, 2.75) is 26.9 Å². The third-order valence-corrected chi connectivity index (χ3v) is 6.98. The number of aromatic amines is 1. The maximum atomic E-state index is 12.6. The molecular weight excluding hydrogens is 464 g/mol. The lowest BCUT2D eigenvalue weighted by Crippen LogP contribution is -2.44. The molecule has 1 aliphatic heterocycles. The molecule has 0 radical (unpaired) electrons. The standard InChI is InChI=1S/C30H34N4O3/c1-4-36-20-22-8-7-21(2)23(14-22)18-29-32-19-28(37-29)25-15-24(27-6-5-9-31-30(27)35)16-26(17-25)34-12-10-33(3)11-13-34/h5-9,14-17,19H,4,10-13,18,20H2,1-3H3,(H,31,35). The zero-order valence-electron chi connectivity index (χ0n) is 21.8. The van der Waals surface area contributed by atoms with Crippen molar-refractivity contribution in [1.29, 1.82) is 0 Å². The summed E-state index contributed by atoms with van der Waals surface area (Å²) in [6, 6.07) is 16.4. The first-order valence-corrected chi connectivity index (χ1v) is 12.9. The Balaban J connectivity index is 1.47. The van der Waals surface area contributed by atoms with E-state index >= 15 is 0 Å². The predicted octanol–water partition coefficient (Wildman–Crippen LogP) is 4.88. The van der Waals surface area contributed by atoms with Crippen LogP contribution in [0.25, 0.3) is 22.5 Å². The Morgan fingerprint density at radius 1 is 1.05 bits per heavy atom. The molecular formula is C30H34N4O3. The lowest BCUT2D eigenvalue weighted by atomic mass is 10.0. The van der Waals surface area contributed by atoms with Crippen molar-refractivity contribution >= 4 is 5.69 Å². The molecule has 37 heavy (non-hydrogen) atoms. The number of anilines is 1. The molecule has 4 aromatic rings. The Labute approximate surface area is 217 Å². The zero-order chi connectivity index (χ0) is 25.8. The normalized spacial score (nSPS) is 14.3. The Morgan fingerprint density at radius 2 is 1.86 bits per heavy atom. The number of aryl methyl sites for hydroxylation is 1. The number of nitrogens with one attached hydrogen (secondary N) is 1. The summed E-state index contributed by atoms with van der Waals surface area (Å²) in [5, 5.41) is 0. The highest BCUT2D eigenvalue weighted by molar-refractivity contribution is 5.76. The van der Waals surface area contributed by atoms with Gasteiger partial charge in [-0.25, -0.2) is 4.98 Å². The number of ether oxygens (including phenoxy) is 1. The van der Waals surface area contributed by atoms with Gasteiger partial charge in [0.15, 0.2) is 11.7 Å². The molecule has 3 heterocycles. The summed E-state index contributed by atoms with van der Waals surface area (Å²) in [7, 11) is 2.15. The fraction of sp³-hybridized carbons (Fsp3) is 0.333. The lowest BCUT2D eigenvalue weighted by Gasteiger charge is -2.34. The van der Waals surface area contributed by atoms with Crippen molar-refractivity contribution in [3.05, 3.63) is 93.9 Å². The molecule has 7 heteroatoms. The average molecular weight is 499 g/mol. The monoisotopic (exact) mass is 498 g/mol. The zero-order valence-corrected chi connectivity index (χ0v) is 21.8. The molecule has 0 unspecified atom stereocenters. The van der Waals surface area contributed by atoms with Crippen molar-refractivity contribution in [3.8, 4) is 22.5 Å². The van der Waals surface area contributed by atoms with Crippen LogP contribution in [0.1, 0.15) is 29.5 Å². The third-order valence-electron chi connectivity index (χ3n) is 6.98. The molecule has 1 saturated heterocycles. The topological polar surface area (TPSA) is 74.6 Å². The molecule has 1 aliphatic rings. The van der Waals surface area contributed by atoms with Crippen LogP contribution in [0.15, 0.2) is 70.1 Å². The van der Waals surface area contributed by atoms with E-state index in [4.69, 9.17) is 9.15 Å². The number of likely N-dealkylation sites (N-methyl/N-ethyl adjacent to an activating group) is 1. The molecule has 7 nitrogen and oxygen atoms in total. The number of benzene rings is 2. The molecule has 0 saturated carbocycles. The molecule has 1 N–H and O–H groups in total. The van der Waals surface area contributed by atoms with Crippen LogP contribution in [-0.4, -0.2) is 54.7 Å². The summed E-state index contributed by atoms with van der Waals surface area (Å²) in [6.45, 7) is 9.26. The van der Waals surface area contributed by atoms with E-state index in [1.54, 1.807) is 12.4 Å². The number of oxazole rings is 1. The van der Waals surface area contributed by atoms with Crippen molar-refractivity contribution in [2.24, 2.45) is 0 Å². The summed E-state index contributed by atoms with van der Waals surface area (Å²) in [5.74, 6) is 1.36. The van der Waals surface area contributed by atoms with Gasteiger partial charge in [0.05, 0.1) is 12.8 Å². The summed E-state index contributed by atoms with van der Waals surface area (Å²) in [5.41, 5.74) is 6.91. The van der Waals surface area contributed by atoms with Gasteiger partial charge in [-0.3, -0.25) is 4.79 Å². The van der Waals surface area contributed by atoms with E-state index in [1.807, 2.05) is 25.1 Å². The number of hydrogen-bond donors (Lipinski definition) is 1. The Morgan fingerprint density at radius 3 is 2.65 bits per heavy atom. The first-order valence-electron chi connectivity index (χ1n) is 12.9. The van der Waals surface area contributed by atoms with Gasteiger partial charge in [-0.15, -0.1) is 0 Å². The van der Waals surface area contributed by atoms with E-state index in [2.05, 4.69) is 64.1 Å². The summed E-state index contributed by atoms with van der Waals surface area (Å²) in [4.78, 5) is 24.7. The van der Waals surface area contributed by atoms with Crippen molar-refractivity contribution < 1.29 is 9.15 Å². The van der Waals surface area contributed by atoms with E-state index in [0.29, 0.717) is 36.8 Å². The second-order valence-corrected chi connectivity index (χ2v) is 9.66. The summed E-state index contributed by atoms with van der Waals surface area (Å²) in [6.07, 6.45) is 4.05. The van der Waals surface area contributed by atoms with Gasteiger partial charge >= 0.3 is 0 Å². The Kier molecular flexibility index (Phi) is 7.53. The molecule has 192 valence electrons. The molecule has 0 bridgehead atoms. The van der Waals surface area contributed by atoms with Crippen LogP contribution in [0.2, 0.25) is 0 Å². The Hall–Kier alpha value is -3.68. The van der Waals surface area contributed by atoms with Crippen LogP contribution in [0, 0.1) is 6.92 Å². The van der Waals surface area contributed by atoms with Crippen LogP contribution in [0.3, 0.4) is 0 Å². The largest absolute Gasteiger partial charge is 0.440 e. The highest BCUT2D eigenvalue weighted by atomic mass is 16.5. The number of hydrogen-bond acceptors (Lipinski definition) is 6. The molecule has 0 spiro atoms. The van der Waals surface area contributed by atoms with Crippen LogP contribution >= 0.6 is 0 Å². The molecule has 0 amide bonds. The minimum atomic E-state index is -0.107. The van der Waals surface area contributed by atoms with Gasteiger partial charge in [-0.1, -0.05) is 18.2 Å². The first-order chi connectivity index (χ1) is 18.0. The smallest absolute Gasteiger partial charge is 0.255 e. The highest BCUT2D eigenvalue weighted by Crippen LogP contribution is 2.32. The minimum absolute atomic E-state index is 0.107. The van der Waals surface area contributed by atoms with Crippen molar-refractivity contribution in [2.75, 3.05) is 44.7 Å². The Bertz CT molecular complexity index is 1420. The van der Waals surface area contributed by atoms with Crippen LogP contribution in [0.4, 0.5) is 5.69 Å². The summed E-state index contributed by atoms with van der Waals surface area (Å²) >= 11 is 0. The number of piperazine rings is 1. The lowest BCUT2D eigenvalue weighted by molar-refractivity contribution is 0.134. The van der Waals surface area contributed by atoms with Gasteiger partial charge in [0.25, 0.3) is 5.56 Å². The molecule has 0 aliphatic carbocycles. The second kappa shape index (κ2) is 11.2. The molecule has 2 aromatic carbocycles. The third kappa shape index (κ3) is 5.84. The van der Waals surface area contributed by atoms with Gasteiger partial charge in [0.1, 0.15) is 0 Å². The molecule has 0 atom stereocenters. The van der Waals surface area contributed by atoms with E-state index in [0.717, 1.165) is 48.6 Å². The van der Waals surface area contributed by atoms with Gasteiger partial charge in [-0.2, -0.15) is 0 Å². The van der Waals surface area contributed by atoms with Gasteiger partial charge < -0.3 is 23.9 Å². The molecule has 2 aromatic heterocycles. The second-order valence-electron chi connectivity index (χ2n) is 9.66. The number of pyridine rings is 1. The maximum Gasteiger partial charge on any atom is 0.255 e. The maximum absolute atomic E-state index is 12.6. The average Bonchev–Trinajstić information content (AvgIpc) is 3.38. The van der Waals surface area contributed by atoms with E-state index in [9.17, 15) is 4.79 Å². The van der Waals surface area contributed by atoms with Crippen LogP contribution < -0.4 is 10.5 Å². The fourth-order valence-electron chi connectivity index (χ4n) is 4.72. The number of rotatable bonds is 8. The van der Waals surface area contributed by atoms with Gasteiger partial charge in [-0.05, 0) is 73.5 Å². The van der Waals surface area contributed by atoms with E-state index < -0.39 is 0 Å². The summed E-state index contributed by atoms with van der Waals surface area (Å²) < 4.78 is 11.9. The molecule has 5 rings (SSSR count). The quantitative estimate of drug-likeness (QED) is 0.373. The van der Waals surface area contributed by atoms with Crippen molar-refractivity contribution in [1.82, 2.24) is 14.9 Å². The number of nitrogens with zero attached hydrogens (tertiary/aromatic N) is 3. The minimum Gasteiger partial charge on any atom is -0.440 e. The van der Waals surface area contributed by atoms with Crippen molar-refractivity contribution in [3.63, 3.8) is 0 Å². The fourth-order valence-corrected chi connectivity index (χ4v) is 4.72. The van der Waals surface area contributed by atoms with Crippen LogP contribution in [-0.2, 0) is 17.8 Å². The van der Waals surface area contributed by atoms with Gasteiger partial charge in [0, 0.05) is 62.2 Å². The van der Waals surface area contributed by atoms with Crippen LogP contribution in [0.5, 0.6) is 0 Å². The van der Waals surface area contributed by atoms with Gasteiger partial charge in [0.2, 0.25) is 0 Å².